The summed E-state index contributed by atoms with van der Waals surface area (Å²) < 4.78 is 7.77. The molecule has 0 aliphatic heterocycles. The number of para-hydroxylation sites is 2. The number of nitrogens with one attached hydrogen (secondary N) is 1. The van der Waals surface area contributed by atoms with Gasteiger partial charge in [-0.1, -0.05) is 12.1 Å². The number of thiophene rings is 1. The predicted octanol–water partition coefficient (Wildman–Crippen LogP) is 4.50. The molecule has 1 fully saturated rings. The second-order valence-corrected chi connectivity index (χ2v) is 8.05. The number of imidazole rings is 1. The molecule has 1 aromatic carbocycles. The van der Waals surface area contributed by atoms with Crippen LogP contribution in [-0.2, 0) is 11.3 Å². The van der Waals surface area contributed by atoms with Gasteiger partial charge in [-0.25, -0.2) is 4.98 Å². The van der Waals surface area contributed by atoms with Crippen LogP contribution in [0.15, 0.2) is 36.4 Å². The topological polar surface area (TPSA) is 56.1 Å². The van der Waals surface area contributed by atoms with Crippen LogP contribution in [0.5, 0.6) is 5.06 Å². The first-order valence-corrected chi connectivity index (χ1v) is 10.4. The molecule has 6 heteroatoms. The highest BCUT2D eigenvalue weighted by molar-refractivity contribution is 7.13. The van der Waals surface area contributed by atoms with Crippen LogP contribution in [0, 0.1) is 5.92 Å². The molecule has 1 amide bonds. The molecule has 0 spiro atoms. The van der Waals surface area contributed by atoms with Crippen molar-refractivity contribution in [3.63, 3.8) is 0 Å². The fourth-order valence-electron chi connectivity index (χ4n) is 3.66. The highest BCUT2D eigenvalue weighted by Crippen LogP contribution is 2.48. The second-order valence-electron chi connectivity index (χ2n) is 6.97. The van der Waals surface area contributed by atoms with Crippen molar-refractivity contribution in [1.82, 2.24) is 14.9 Å². The van der Waals surface area contributed by atoms with E-state index in [4.69, 9.17) is 9.72 Å². The molecule has 3 aromatic rings. The lowest BCUT2D eigenvalue weighted by Crippen LogP contribution is -2.28. The normalized spacial score (nSPS) is 19.8. The number of carbonyl (C=O) groups excluding carboxylic acids is 1. The highest BCUT2D eigenvalue weighted by atomic mass is 32.1. The Kier molecular flexibility index (Phi) is 4.91. The summed E-state index contributed by atoms with van der Waals surface area (Å²) in [7, 11) is 0. The SMILES string of the molecule is CCOc1ccc([C@@H](C)NC(=O)C2CC2c2nc3ccccc3n2CC)s1. The Hall–Kier alpha value is -2.34. The fourth-order valence-corrected chi connectivity index (χ4v) is 4.58. The first-order chi connectivity index (χ1) is 13.1. The van der Waals surface area contributed by atoms with Crippen LogP contribution >= 0.6 is 11.3 Å². The van der Waals surface area contributed by atoms with E-state index in [1.54, 1.807) is 11.3 Å². The van der Waals surface area contributed by atoms with Crippen molar-refractivity contribution in [2.24, 2.45) is 5.92 Å². The Morgan fingerprint density at radius 1 is 1.33 bits per heavy atom. The van der Waals surface area contributed by atoms with E-state index < -0.39 is 0 Å². The van der Waals surface area contributed by atoms with Gasteiger partial charge in [0.25, 0.3) is 0 Å². The lowest BCUT2D eigenvalue weighted by Gasteiger charge is -2.12. The summed E-state index contributed by atoms with van der Waals surface area (Å²) in [5, 5.41) is 4.06. The van der Waals surface area contributed by atoms with E-state index in [2.05, 4.69) is 22.9 Å². The summed E-state index contributed by atoms with van der Waals surface area (Å²) in [5.41, 5.74) is 2.16. The maximum absolute atomic E-state index is 12.7. The first kappa shape index (κ1) is 18.0. The molecule has 2 unspecified atom stereocenters. The zero-order valence-corrected chi connectivity index (χ0v) is 16.8. The summed E-state index contributed by atoms with van der Waals surface area (Å²) in [6.45, 7) is 7.65. The van der Waals surface area contributed by atoms with E-state index in [0.29, 0.717) is 6.61 Å². The number of ether oxygens (including phenoxy) is 1. The molecule has 27 heavy (non-hydrogen) atoms. The molecular formula is C21H25N3O2S. The minimum absolute atomic E-state index is 0.0112. The lowest BCUT2D eigenvalue weighted by molar-refractivity contribution is -0.123. The van der Waals surface area contributed by atoms with Gasteiger partial charge in [-0.05, 0) is 51.5 Å². The minimum Gasteiger partial charge on any atom is -0.484 e. The van der Waals surface area contributed by atoms with Gasteiger partial charge in [-0.3, -0.25) is 4.79 Å². The molecule has 1 saturated carbocycles. The molecule has 4 rings (SSSR count). The maximum Gasteiger partial charge on any atom is 0.224 e. The van der Waals surface area contributed by atoms with Gasteiger partial charge >= 0.3 is 0 Å². The van der Waals surface area contributed by atoms with Gasteiger partial charge in [0.05, 0.1) is 23.7 Å². The van der Waals surface area contributed by atoms with Gasteiger partial charge in [0.2, 0.25) is 5.91 Å². The van der Waals surface area contributed by atoms with Gasteiger partial charge in [0.1, 0.15) is 5.82 Å². The van der Waals surface area contributed by atoms with E-state index in [9.17, 15) is 4.79 Å². The molecule has 0 radical (unpaired) electrons. The third kappa shape index (κ3) is 3.46. The number of nitrogens with zero attached hydrogens (tertiary/aromatic N) is 2. The molecule has 2 aromatic heterocycles. The third-order valence-electron chi connectivity index (χ3n) is 5.13. The maximum atomic E-state index is 12.7. The first-order valence-electron chi connectivity index (χ1n) is 9.60. The number of rotatable bonds is 7. The number of aryl methyl sites for hydroxylation is 1. The number of fused-ring (bicyclic) bond motifs is 1. The van der Waals surface area contributed by atoms with Crippen molar-refractivity contribution in [3.8, 4) is 5.06 Å². The van der Waals surface area contributed by atoms with Crippen LogP contribution in [0.1, 0.15) is 49.9 Å². The Balaban J connectivity index is 1.44. The third-order valence-corrected chi connectivity index (χ3v) is 6.31. The quantitative estimate of drug-likeness (QED) is 0.654. The largest absolute Gasteiger partial charge is 0.484 e. The summed E-state index contributed by atoms with van der Waals surface area (Å²) in [6, 6.07) is 12.2. The zero-order chi connectivity index (χ0) is 19.0. The zero-order valence-electron chi connectivity index (χ0n) is 15.9. The Labute approximate surface area is 163 Å². The number of carbonyl (C=O) groups is 1. The molecule has 1 N–H and O–H groups in total. The number of hydrogen-bond acceptors (Lipinski definition) is 4. The molecule has 0 saturated heterocycles. The van der Waals surface area contributed by atoms with Gasteiger partial charge in [-0.2, -0.15) is 0 Å². The van der Waals surface area contributed by atoms with Crippen molar-refractivity contribution in [2.75, 3.05) is 6.61 Å². The van der Waals surface area contributed by atoms with Crippen LogP contribution in [-0.4, -0.2) is 22.1 Å². The van der Waals surface area contributed by atoms with Crippen LogP contribution in [0.25, 0.3) is 11.0 Å². The predicted molar refractivity (Wildman–Crippen MR) is 108 cm³/mol. The fraction of sp³-hybridized carbons (Fsp3) is 0.429. The standard InChI is InChI=1S/C21H25N3O2S/c1-4-24-17-9-7-6-8-16(17)23-20(24)14-12-15(14)21(25)22-13(3)18-10-11-19(27-18)26-5-2/h6-11,13-15H,4-5,12H2,1-3H3,(H,22,25)/t13-,14?,15?/m1/s1. The molecule has 1 aliphatic rings. The summed E-state index contributed by atoms with van der Waals surface area (Å²) in [6.07, 6.45) is 0.872. The van der Waals surface area contributed by atoms with Crippen LogP contribution in [0.3, 0.4) is 0 Å². The van der Waals surface area contributed by atoms with E-state index in [0.717, 1.165) is 39.8 Å². The Morgan fingerprint density at radius 3 is 2.93 bits per heavy atom. The number of benzene rings is 1. The second kappa shape index (κ2) is 7.35. The van der Waals surface area contributed by atoms with Gasteiger partial charge < -0.3 is 14.6 Å². The summed E-state index contributed by atoms with van der Waals surface area (Å²) >= 11 is 1.59. The van der Waals surface area contributed by atoms with Crippen molar-refractivity contribution in [2.45, 2.75) is 45.7 Å². The van der Waals surface area contributed by atoms with Crippen molar-refractivity contribution in [1.29, 1.82) is 0 Å². The van der Waals surface area contributed by atoms with Crippen molar-refractivity contribution in [3.05, 3.63) is 47.1 Å². The Bertz CT molecular complexity index is 961. The molecule has 142 valence electrons. The van der Waals surface area contributed by atoms with Crippen LogP contribution in [0.4, 0.5) is 0 Å². The monoisotopic (exact) mass is 383 g/mol. The minimum atomic E-state index is -0.0112. The van der Waals surface area contributed by atoms with Crippen LogP contribution in [0.2, 0.25) is 0 Å². The molecule has 1 aliphatic carbocycles. The smallest absolute Gasteiger partial charge is 0.224 e. The van der Waals surface area contributed by atoms with Gasteiger partial charge in [-0.15, -0.1) is 11.3 Å². The molecule has 2 heterocycles. The molecule has 5 nitrogen and oxygen atoms in total. The van der Waals surface area contributed by atoms with E-state index >= 15 is 0 Å². The molecule has 0 bridgehead atoms. The van der Waals surface area contributed by atoms with Crippen LogP contribution < -0.4 is 10.1 Å². The lowest BCUT2D eigenvalue weighted by atomic mass is 10.2. The highest BCUT2D eigenvalue weighted by Gasteiger charge is 2.47. The average molecular weight is 384 g/mol. The van der Waals surface area contributed by atoms with Crippen molar-refractivity contribution >= 4 is 28.3 Å². The number of hydrogen-bond donors (Lipinski definition) is 1. The van der Waals surface area contributed by atoms with Crippen molar-refractivity contribution < 1.29 is 9.53 Å². The molecular weight excluding hydrogens is 358 g/mol. The van der Waals surface area contributed by atoms with E-state index in [1.165, 1.54) is 0 Å². The summed E-state index contributed by atoms with van der Waals surface area (Å²) in [5.74, 6) is 1.39. The van der Waals surface area contributed by atoms with E-state index in [1.807, 2.05) is 44.2 Å². The van der Waals surface area contributed by atoms with Gasteiger partial charge in [0.15, 0.2) is 5.06 Å². The molecule has 3 atom stereocenters. The summed E-state index contributed by atoms with van der Waals surface area (Å²) in [4.78, 5) is 18.7. The van der Waals surface area contributed by atoms with Gasteiger partial charge in [0, 0.05) is 23.3 Å². The number of amides is 1. The Morgan fingerprint density at radius 2 is 2.15 bits per heavy atom. The van der Waals surface area contributed by atoms with E-state index in [-0.39, 0.29) is 23.8 Å². The number of aromatic nitrogens is 2. The average Bonchev–Trinajstić information content (AvgIpc) is 3.17.